The minimum Gasteiger partial charge on any atom is -0.298 e. The van der Waals surface area contributed by atoms with Crippen LogP contribution in [-0.2, 0) is 11.3 Å². The monoisotopic (exact) mass is 259 g/mol. The van der Waals surface area contributed by atoms with E-state index >= 15 is 0 Å². The van der Waals surface area contributed by atoms with Gasteiger partial charge in [-0.25, -0.2) is 5.84 Å². The lowest BCUT2D eigenvalue weighted by molar-refractivity contribution is -0.128. The highest BCUT2D eigenvalue weighted by Gasteiger charge is 2.27. The summed E-state index contributed by atoms with van der Waals surface area (Å²) in [5, 5.41) is 8.36. The summed E-state index contributed by atoms with van der Waals surface area (Å²) in [5.41, 5.74) is 2.36. The van der Waals surface area contributed by atoms with Gasteiger partial charge in [0.15, 0.2) is 0 Å². The second-order valence-electron chi connectivity index (χ2n) is 2.99. The minimum atomic E-state index is -0.228. The molecule has 0 atom stereocenters. The number of carbonyl (C=O) groups is 2. The molecular weight excluding hydrogens is 250 g/mol. The van der Waals surface area contributed by atoms with E-state index in [1.165, 1.54) is 16.2 Å². The van der Waals surface area contributed by atoms with Gasteiger partial charge >= 0.3 is 0 Å². The van der Waals surface area contributed by atoms with Crippen LogP contribution in [0, 0.1) is 0 Å². The highest BCUT2D eigenvalue weighted by molar-refractivity contribution is 8.13. The van der Waals surface area contributed by atoms with Crippen molar-refractivity contribution in [2.24, 2.45) is 5.84 Å². The van der Waals surface area contributed by atoms with E-state index in [0.29, 0.717) is 22.3 Å². The molecule has 2 rings (SSSR count). The summed E-state index contributed by atoms with van der Waals surface area (Å²) in [6.45, 7) is 0.171. The van der Waals surface area contributed by atoms with Gasteiger partial charge in [-0.15, -0.1) is 10.2 Å². The molecule has 1 aromatic heterocycles. The van der Waals surface area contributed by atoms with Gasteiger partial charge in [-0.1, -0.05) is 23.1 Å². The SMILES string of the molecule is NNc1nnc(CN2C(=O)CCSC2=O)s1. The molecular formula is C7H9N5O2S2. The van der Waals surface area contributed by atoms with Crippen molar-refractivity contribution in [2.45, 2.75) is 13.0 Å². The molecule has 1 aliphatic rings. The maximum atomic E-state index is 11.5. The Kier molecular flexibility index (Phi) is 3.36. The summed E-state index contributed by atoms with van der Waals surface area (Å²) in [6.07, 6.45) is 0.386. The number of hydrazine groups is 1. The Morgan fingerprint density at radius 1 is 1.44 bits per heavy atom. The Morgan fingerprint density at radius 2 is 2.25 bits per heavy atom. The summed E-state index contributed by atoms with van der Waals surface area (Å²) < 4.78 is 0. The Balaban J connectivity index is 2.07. The fourth-order valence-electron chi connectivity index (χ4n) is 1.20. The van der Waals surface area contributed by atoms with Crippen molar-refractivity contribution < 1.29 is 9.59 Å². The van der Waals surface area contributed by atoms with Crippen LogP contribution in [0.1, 0.15) is 11.4 Å². The van der Waals surface area contributed by atoms with Crippen LogP contribution < -0.4 is 11.3 Å². The van der Waals surface area contributed by atoms with E-state index in [9.17, 15) is 9.59 Å². The number of amides is 2. The summed E-state index contributed by atoms with van der Waals surface area (Å²) in [7, 11) is 0. The van der Waals surface area contributed by atoms with Gasteiger partial charge in [-0.3, -0.25) is 19.9 Å². The highest BCUT2D eigenvalue weighted by atomic mass is 32.2. The van der Waals surface area contributed by atoms with Gasteiger partial charge in [0.05, 0.1) is 6.54 Å². The molecule has 3 N–H and O–H groups in total. The maximum Gasteiger partial charge on any atom is 0.288 e. The van der Waals surface area contributed by atoms with E-state index in [4.69, 9.17) is 5.84 Å². The van der Waals surface area contributed by atoms with Crippen LogP contribution in [-0.4, -0.2) is 32.0 Å². The van der Waals surface area contributed by atoms with Crippen molar-refractivity contribution in [3.05, 3.63) is 5.01 Å². The second kappa shape index (κ2) is 4.76. The Hall–Kier alpha value is -1.19. The molecule has 7 nitrogen and oxygen atoms in total. The van der Waals surface area contributed by atoms with Gasteiger partial charge in [0.1, 0.15) is 5.01 Å². The number of nitrogens with one attached hydrogen (secondary N) is 1. The minimum absolute atomic E-state index is 0.166. The first-order chi connectivity index (χ1) is 7.70. The molecule has 0 aromatic carbocycles. The zero-order chi connectivity index (χ0) is 11.5. The van der Waals surface area contributed by atoms with Crippen LogP contribution in [0.5, 0.6) is 0 Å². The molecule has 0 bridgehead atoms. The number of thioether (sulfide) groups is 1. The Bertz CT molecular complexity index is 405. The first kappa shape index (κ1) is 11.3. The number of nitrogen functional groups attached to an aromatic ring is 1. The summed E-state index contributed by atoms with van der Waals surface area (Å²) >= 11 is 2.36. The van der Waals surface area contributed by atoms with Crippen LogP contribution in [0.25, 0.3) is 0 Å². The maximum absolute atomic E-state index is 11.5. The van der Waals surface area contributed by atoms with Gasteiger partial charge in [0.2, 0.25) is 11.0 Å². The lowest BCUT2D eigenvalue weighted by Crippen LogP contribution is -2.37. The topological polar surface area (TPSA) is 101 Å². The molecule has 9 heteroatoms. The summed E-state index contributed by atoms with van der Waals surface area (Å²) in [5.74, 6) is 5.55. The van der Waals surface area contributed by atoms with E-state index < -0.39 is 0 Å². The largest absolute Gasteiger partial charge is 0.298 e. The third-order valence-electron chi connectivity index (χ3n) is 1.95. The molecule has 1 aliphatic heterocycles. The molecule has 0 spiro atoms. The molecule has 1 saturated heterocycles. The standard InChI is InChI=1S/C7H9N5O2S2/c8-9-6-11-10-4(16-6)3-12-5(13)1-2-15-7(12)14/h1-3,8H2,(H,9,11). The zero-order valence-corrected chi connectivity index (χ0v) is 9.81. The number of carbonyl (C=O) groups excluding carboxylic acids is 2. The van der Waals surface area contributed by atoms with Crippen molar-refractivity contribution in [1.29, 1.82) is 0 Å². The number of nitrogens with zero attached hydrogens (tertiary/aromatic N) is 3. The van der Waals surface area contributed by atoms with E-state index in [1.54, 1.807) is 0 Å². The van der Waals surface area contributed by atoms with Crippen molar-refractivity contribution in [2.75, 3.05) is 11.2 Å². The Morgan fingerprint density at radius 3 is 2.88 bits per heavy atom. The fraction of sp³-hybridized carbons (Fsp3) is 0.429. The first-order valence-corrected chi connectivity index (χ1v) is 6.27. The van der Waals surface area contributed by atoms with Gasteiger partial charge < -0.3 is 0 Å². The van der Waals surface area contributed by atoms with Gasteiger partial charge in [-0.05, 0) is 0 Å². The normalized spacial score (nSPS) is 16.7. The molecule has 0 saturated carbocycles. The quantitative estimate of drug-likeness (QED) is 0.598. The smallest absolute Gasteiger partial charge is 0.288 e. The third-order valence-corrected chi connectivity index (χ3v) is 3.66. The second-order valence-corrected chi connectivity index (χ2v) is 5.10. The van der Waals surface area contributed by atoms with E-state index in [0.717, 1.165) is 11.8 Å². The molecule has 0 unspecified atom stereocenters. The van der Waals surface area contributed by atoms with Gasteiger partial charge in [0, 0.05) is 12.2 Å². The lowest BCUT2D eigenvalue weighted by Gasteiger charge is -2.22. The first-order valence-electron chi connectivity index (χ1n) is 4.47. The molecule has 0 radical (unpaired) electrons. The molecule has 1 aromatic rings. The number of anilines is 1. The number of aromatic nitrogens is 2. The van der Waals surface area contributed by atoms with Crippen molar-refractivity contribution in [1.82, 2.24) is 15.1 Å². The molecule has 1 fully saturated rings. The molecule has 2 heterocycles. The predicted molar refractivity (Wildman–Crippen MR) is 60.7 cm³/mol. The zero-order valence-electron chi connectivity index (χ0n) is 8.17. The van der Waals surface area contributed by atoms with Crippen LogP contribution in [0.3, 0.4) is 0 Å². The number of rotatable bonds is 3. The third kappa shape index (κ3) is 2.31. The van der Waals surface area contributed by atoms with Crippen LogP contribution in [0.15, 0.2) is 0 Å². The van der Waals surface area contributed by atoms with Crippen LogP contribution >= 0.6 is 23.1 Å². The van der Waals surface area contributed by atoms with Crippen LogP contribution in [0.2, 0.25) is 0 Å². The lowest BCUT2D eigenvalue weighted by atomic mass is 10.4. The average Bonchev–Trinajstić information content (AvgIpc) is 2.71. The number of imide groups is 1. The van der Waals surface area contributed by atoms with E-state index in [-0.39, 0.29) is 17.7 Å². The summed E-state index contributed by atoms with van der Waals surface area (Å²) in [4.78, 5) is 24.2. The van der Waals surface area contributed by atoms with Crippen molar-refractivity contribution >= 4 is 39.4 Å². The average molecular weight is 259 g/mol. The number of nitrogens with two attached hydrogens (primary N) is 1. The Labute approximate surface area is 99.4 Å². The fourth-order valence-corrected chi connectivity index (χ4v) is 2.62. The highest BCUT2D eigenvalue weighted by Crippen LogP contribution is 2.22. The molecule has 0 aliphatic carbocycles. The van der Waals surface area contributed by atoms with Gasteiger partial charge in [0.25, 0.3) is 5.24 Å². The van der Waals surface area contributed by atoms with Crippen molar-refractivity contribution in [3.8, 4) is 0 Å². The van der Waals surface area contributed by atoms with E-state index in [2.05, 4.69) is 15.6 Å². The molecule has 86 valence electrons. The summed E-state index contributed by atoms with van der Waals surface area (Å²) in [6, 6.07) is 0. The number of hydrogen-bond donors (Lipinski definition) is 2. The van der Waals surface area contributed by atoms with Gasteiger partial charge in [-0.2, -0.15) is 0 Å². The number of hydrogen-bond acceptors (Lipinski definition) is 8. The molecule has 2 amide bonds. The van der Waals surface area contributed by atoms with E-state index in [1.807, 2.05) is 0 Å². The van der Waals surface area contributed by atoms with Crippen molar-refractivity contribution in [3.63, 3.8) is 0 Å². The van der Waals surface area contributed by atoms with Crippen LogP contribution in [0.4, 0.5) is 9.93 Å². The molecule has 16 heavy (non-hydrogen) atoms. The predicted octanol–water partition coefficient (Wildman–Crippen LogP) is 0.409.